The molecule has 2 fully saturated rings. The molecule has 1 aliphatic heterocycles. The summed E-state index contributed by atoms with van der Waals surface area (Å²) in [6.45, 7) is 5.51. The molecule has 5 nitrogen and oxygen atoms in total. The Morgan fingerprint density at radius 1 is 1.00 bits per heavy atom. The van der Waals surface area contributed by atoms with E-state index in [9.17, 15) is 18.0 Å². The highest BCUT2D eigenvalue weighted by atomic mass is 19.3. The summed E-state index contributed by atoms with van der Waals surface area (Å²) in [6, 6.07) is 6.35. The van der Waals surface area contributed by atoms with Crippen molar-refractivity contribution in [1.29, 1.82) is 0 Å². The second-order valence-corrected chi connectivity index (χ2v) is 9.43. The lowest BCUT2D eigenvalue weighted by Crippen LogP contribution is -2.48. The van der Waals surface area contributed by atoms with Crippen molar-refractivity contribution in [3.63, 3.8) is 0 Å². The highest BCUT2D eigenvalue weighted by molar-refractivity contribution is 5.79. The van der Waals surface area contributed by atoms with Gasteiger partial charge >= 0.3 is 0 Å². The molecule has 1 saturated carbocycles. The van der Waals surface area contributed by atoms with Crippen LogP contribution in [0.2, 0.25) is 0 Å². The van der Waals surface area contributed by atoms with Crippen molar-refractivity contribution in [3.05, 3.63) is 41.2 Å². The average Bonchev–Trinajstić information content (AvgIpc) is 2.81. The molecule has 1 aromatic carbocycles. The number of benzene rings is 1. The fourth-order valence-corrected chi connectivity index (χ4v) is 5.00. The Labute approximate surface area is 193 Å². The van der Waals surface area contributed by atoms with Gasteiger partial charge in [-0.15, -0.1) is 10.2 Å². The van der Waals surface area contributed by atoms with Crippen LogP contribution in [0.25, 0.3) is 11.3 Å². The van der Waals surface area contributed by atoms with Gasteiger partial charge in [0.05, 0.1) is 5.69 Å². The van der Waals surface area contributed by atoms with Gasteiger partial charge in [0.15, 0.2) is 5.82 Å². The SMILES string of the molecule is Cc1c(-c2ccc(F)cc2)nnc(N2CCC(N(C)C(=O)C3CCC(F)(F)CC3)CC2)c1C. The van der Waals surface area contributed by atoms with E-state index in [2.05, 4.69) is 15.1 Å². The molecule has 178 valence electrons. The molecule has 0 N–H and O–H groups in total. The molecular weight excluding hydrogens is 429 g/mol. The number of carbonyl (C=O) groups is 1. The third kappa shape index (κ3) is 4.99. The summed E-state index contributed by atoms with van der Waals surface area (Å²) >= 11 is 0. The van der Waals surface area contributed by atoms with E-state index < -0.39 is 5.92 Å². The first-order valence-corrected chi connectivity index (χ1v) is 11.7. The number of halogens is 3. The predicted octanol–water partition coefficient (Wildman–Crippen LogP) is 5.15. The average molecular weight is 461 g/mol. The van der Waals surface area contributed by atoms with Gasteiger partial charge in [-0.3, -0.25) is 4.79 Å². The minimum atomic E-state index is -2.62. The molecule has 1 aliphatic carbocycles. The van der Waals surface area contributed by atoms with Gasteiger partial charge in [0.1, 0.15) is 5.82 Å². The minimum Gasteiger partial charge on any atom is -0.355 e. The summed E-state index contributed by atoms with van der Waals surface area (Å²) in [5.41, 5.74) is 3.62. The first-order valence-electron chi connectivity index (χ1n) is 11.7. The van der Waals surface area contributed by atoms with E-state index in [0.717, 1.165) is 54.1 Å². The summed E-state index contributed by atoms with van der Waals surface area (Å²) < 4.78 is 40.2. The number of nitrogens with zero attached hydrogens (tertiary/aromatic N) is 4. The van der Waals surface area contributed by atoms with Crippen LogP contribution in [-0.2, 0) is 4.79 Å². The quantitative estimate of drug-likeness (QED) is 0.633. The molecule has 0 atom stereocenters. The molecule has 33 heavy (non-hydrogen) atoms. The van der Waals surface area contributed by atoms with Crippen LogP contribution in [-0.4, -0.2) is 53.1 Å². The number of hydrogen-bond acceptors (Lipinski definition) is 4. The largest absolute Gasteiger partial charge is 0.355 e. The maximum atomic E-state index is 13.4. The summed E-state index contributed by atoms with van der Waals surface area (Å²) in [7, 11) is 1.81. The van der Waals surface area contributed by atoms with E-state index in [1.807, 2.05) is 20.9 Å². The standard InChI is InChI=1S/C25H31F3N4O/c1-16-17(2)23(30-29-22(16)18-4-6-20(26)7-5-18)32-14-10-21(11-15-32)31(3)24(33)19-8-12-25(27,28)13-9-19/h4-7,19,21H,8-15H2,1-3H3. The number of rotatable bonds is 4. The fourth-order valence-electron chi connectivity index (χ4n) is 5.00. The van der Waals surface area contributed by atoms with Crippen molar-refractivity contribution >= 4 is 11.7 Å². The molecule has 0 bridgehead atoms. The number of alkyl halides is 2. The van der Waals surface area contributed by atoms with Crippen LogP contribution in [0.15, 0.2) is 24.3 Å². The zero-order valence-corrected chi connectivity index (χ0v) is 19.5. The topological polar surface area (TPSA) is 49.3 Å². The van der Waals surface area contributed by atoms with E-state index in [1.54, 1.807) is 17.0 Å². The van der Waals surface area contributed by atoms with Crippen molar-refractivity contribution in [2.75, 3.05) is 25.0 Å². The van der Waals surface area contributed by atoms with Crippen LogP contribution < -0.4 is 4.90 Å². The molecule has 8 heteroatoms. The molecule has 1 amide bonds. The maximum absolute atomic E-state index is 13.4. The van der Waals surface area contributed by atoms with Crippen molar-refractivity contribution < 1.29 is 18.0 Å². The van der Waals surface area contributed by atoms with Crippen LogP contribution >= 0.6 is 0 Å². The third-order valence-corrected chi connectivity index (χ3v) is 7.34. The van der Waals surface area contributed by atoms with E-state index in [-0.39, 0.29) is 49.4 Å². The Balaban J connectivity index is 1.39. The summed E-state index contributed by atoms with van der Waals surface area (Å²) in [5.74, 6) is -2.36. The molecule has 2 aliphatic rings. The predicted molar refractivity (Wildman–Crippen MR) is 122 cm³/mol. The highest BCUT2D eigenvalue weighted by Gasteiger charge is 2.39. The van der Waals surface area contributed by atoms with Crippen molar-refractivity contribution in [2.45, 2.75) is 64.3 Å². The normalized spacial score (nSPS) is 19.5. The Kier molecular flexibility index (Phi) is 6.64. The first-order chi connectivity index (χ1) is 15.7. The van der Waals surface area contributed by atoms with E-state index >= 15 is 0 Å². The lowest BCUT2D eigenvalue weighted by atomic mass is 9.85. The van der Waals surface area contributed by atoms with E-state index in [1.165, 1.54) is 12.1 Å². The molecule has 0 unspecified atom stereocenters. The lowest BCUT2D eigenvalue weighted by Gasteiger charge is -2.39. The van der Waals surface area contributed by atoms with Crippen molar-refractivity contribution in [1.82, 2.24) is 15.1 Å². The maximum Gasteiger partial charge on any atom is 0.248 e. The van der Waals surface area contributed by atoms with Gasteiger partial charge in [-0.2, -0.15) is 0 Å². The Morgan fingerprint density at radius 2 is 1.61 bits per heavy atom. The monoisotopic (exact) mass is 460 g/mol. The second-order valence-electron chi connectivity index (χ2n) is 9.43. The number of aromatic nitrogens is 2. The van der Waals surface area contributed by atoms with Crippen LogP contribution in [0.3, 0.4) is 0 Å². The Bertz CT molecular complexity index is 993. The number of hydrogen-bond donors (Lipinski definition) is 0. The lowest BCUT2D eigenvalue weighted by molar-refractivity contribution is -0.140. The number of carbonyl (C=O) groups excluding carboxylic acids is 1. The number of anilines is 1. The summed E-state index contributed by atoms with van der Waals surface area (Å²) in [5, 5.41) is 8.91. The highest BCUT2D eigenvalue weighted by Crippen LogP contribution is 2.37. The van der Waals surface area contributed by atoms with Crippen molar-refractivity contribution in [3.8, 4) is 11.3 Å². The zero-order valence-electron chi connectivity index (χ0n) is 19.5. The van der Waals surface area contributed by atoms with Gasteiger partial charge in [0.25, 0.3) is 0 Å². The number of piperidine rings is 1. The van der Waals surface area contributed by atoms with Crippen LogP contribution in [0.4, 0.5) is 19.0 Å². The Morgan fingerprint density at radius 3 is 2.21 bits per heavy atom. The molecule has 0 spiro atoms. The third-order valence-electron chi connectivity index (χ3n) is 7.34. The second kappa shape index (κ2) is 9.31. The van der Waals surface area contributed by atoms with Gasteiger partial charge in [-0.1, -0.05) is 0 Å². The van der Waals surface area contributed by atoms with E-state index in [4.69, 9.17) is 0 Å². The molecule has 4 rings (SSSR count). The Hall–Kier alpha value is -2.64. The van der Waals surface area contributed by atoms with Gasteiger partial charge in [-0.25, -0.2) is 13.2 Å². The van der Waals surface area contributed by atoms with Gasteiger partial charge in [0.2, 0.25) is 11.8 Å². The molecule has 1 aromatic heterocycles. The van der Waals surface area contributed by atoms with Crippen LogP contribution in [0.1, 0.15) is 49.7 Å². The summed E-state index contributed by atoms with van der Waals surface area (Å²) in [4.78, 5) is 16.9. The molecule has 0 radical (unpaired) electrons. The molecular formula is C25H31F3N4O. The van der Waals surface area contributed by atoms with Gasteiger partial charge < -0.3 is 9.80 Å². The van der Waals surface area contributed by atoms with Crippen molar-refractivity contribution in [2.24, 2.45) is 5.92 Å². The molecule has 2 heterocycles. The smallest absolute Gasteiger partial charge is 0.248 e. The van der Waals surface area contributed by atoms with Gasteiger partial charge in [0, 0.05) is 50.5 Å². The number of amides is 1. The fraction of sp³-hybridized carbons (Fsp3) is 0.560. The first kappa shape index (κ1) is 23.5. The zero-order chi connectivity index (χ0) is 23.8. The van der Waals surface area contributed by atoms with Crippen LogP contribution in [0, 0.1) is 25.6 Å². The van der Waals surface area contributed by atoms with Gasteiger partial charge in [-0.05, 0) is 74.9 Å². The van der Waals surface area contributed by atoms with Crippen LogP contribution in [0.5, 0.6) is 0 Å². The van der Waals surface area contributed by atoms with E-state index in [0.29, 0.717) is 0 Å². The summed E-state index contributed by atoms with van der Waals surface area (Å²) in [6.07, 6.45) is 1.74. The molecule has 2 aromatic rings. The molecule has 1 saturated heterocycles. The minimum absolute atomic E-state index is 0.000539.